The van der Waals surface area contributed by atoms with E-state index >= 15 is 0 Å². The van der Waals surface area contributed by atoms with Gasteiger partial charge >= 0.3 is 0 Å². The topological polar surface area (TPSA) is 51.8 Å². The molecule has 0 unspecified atom stereocenters. The van der Waals surface area contributed by atoms with Gasteiger partial charge in [-0.2, -0.15) is 18.1 Å². The van der Waals surface area contributed by atoms with Gasteiger partial charge in [0, 0.05) is 55.9 Å². The van der Waals surface area contributed by atoms with Crippen molar-refractivity contribution in [2.45, 2.75) is 27.0 Å². The quantitative estimate of drug-likeness (QED) is 0.188. The summed E-state index contributed by atoms with van der Waals surface area (Å²) in [6.45, 7) is -7.01. The van der Waals surface area contributed by atoms with Gasteiger partial charge in [0.1, 0.15) is 0 Å². The molecule has 1 aliphatic carbocycles. The first kappa shape index (κ1) is 14.1. The molecule has 0 fully saturated rings. The molecule has 0 saturated heterocycles. The number of hydrogen-bond acceptors (Lipinski definition) is 4. The number of aromatic nitrogens is 3. The first-order valence-electron chi connectivity index (χ1n) is 15.9. The Kier molecular flexibility index (Phi) is 4.37. The summed E-state index contributed by atoms with van der Waals surface area (Å²) in [5.74, 6) is 0. The van der Waals surface area contributed by atoms with Crippen molar-refractivity contribution in [1.29, 1.82) is 0 Å². The molecule has 6 rings (SSSR count). The molecule has 1 aromatic carbocycles. The SMILES string of the molecule is [2H]C([2H])([2H])c1ccc(C2=CC=CC[CH-]2)nc1.[2H]c1c(C([2H])([2H])[2H])cnc(-c2[c-]ccc3c2oc2nc(C([2H])([2H])[2H])ccc23)c1[2H].[Ir]. The first-order valence-corrected chi connectivity index (χ1v) is 10.4. The van der Waals surface area contributed by atoms with Crippen molar-refractivity contribution in [2.75, 3.05) is 0 Å². The van der Waals surface area contributed by atoms with Crippen LogP contribution in [0.15, 0.2) is 83.5 Å². The summed E-state index contributed by atoms with van der Waals surface area (Å²) in [5.41, 5.74) is 2.43. The molecule has 0 N–H and O–H groups in total. The van der Waals surface area contributed by atoms with Crippen LogP contribution in [-0.4, -0.2) is 15.0 Å². The van der Waals surface area contributed by atoms with E-state index in [0.717, 1.165) is 23.9 Å². The van der Waals surface area contributed by atoms with E-state index in [2.05, 4.69) is 33.5 Å². The number of rotatable bonds is 2. The summed E-state index contributed by atoms with van der Waals surface area (Å²) < 4.78 is 88.7. The normalized spacial score (nSPS) is 18.1. The van der Waals surface area contributed by atoms with Crippen molar-refractivity contribution in [2.24, 2.45) is 0 Å². The second-order valence-electron chi connectivity index (χ2n) is 7.44. The fourth-order valence-electron chi connectivity index (χ4n) is 3.51. The maximum absolute atomic E-state index is 8.23. The Morgan fingerprint density at radius 3 is 2.63 bits per heavy atom. The molecule has 177 valence electrons. The predicted octanol–water partition coefficient (Wildman–Crippen LogP) is 7.40. The van der Waals surface area contributed by atoms with E-state index < -0.39 is 26.6 Å². The van der Waals surface area contributed by atoms with E-state index in [1.54, 1.807) is 30.3 Å². The molecule has 5 heteroatoms. The summed E-state index contributed by atoms with van der Waals surface area (Å²) in [6.07, 6.45) is 11.5. The molecule has 5 aromatic rings. The van der Waals surface area contributed by atoms with E-state index in [-0.39, 0.29) is 65.5 Å². The molecule has 0 atom stereocenters. The van der Waals surface area contributed by atoms with Crippen LogP contribution in [0.1, 0.15) is 44.0 Å². The zero-order chi connectivity index (χ0) is 32.7. The summed E-state index contributed by atoms with van der Waals surface area (Å²) in [5, 5.41) is 1.20. The Bertz CT molecular complexity index is 1940. The molecule has 4 heterocycles. The Balaban J connectivity index is 0.000000240. The number of hydrogen-bond donors (Lipinski definition) is 0. The van der Waals surface area contributed by atoms with Crippen molar-refractivity contribution >= 4 is 27.6 Å². The summed E-state index contributed by atoms with van der Waals surface area (Å²) in [4.78, 5) is 12.3. The van der Waals surface area contributed by atoms with Crippen LogP contribution >= 0.6 is 0 Å². The van der Waals surface area contributed by atoms with Gasteiger partial charge in [0.05, 0.1) is 8.32 Å². The second kappa shape index (κ2) is 10.8. The van der Waals surface area contributed by atoms with Crippen molar-refractivity contribution < 1.29 is 39.6 Å². The Morgan fingerprint density at radius 1 is 0.971 bits per heavy atom. The van der Waals surface area contributed by atoms with Gasteiger partial charge in [0.25, 0.3) is 0 Å². The Labute approximate surface area is 234 Å². The van der Waals surface area contributed by atoms with Gasteiger partial charge in [0.2, 0.25) is 5.71 Å². The molecule has 0 aliphatic heterocycles. The van der Waals surface area contributed by atoms with E-state index in [0.29, 0.717) is 10.8 Å². The average molecular weight is 647 g/mol. The van der Waals surface area contributed by atoms with Crippen molar-refractivity contribution in [3.05, 3.63) is 114 Å². The Hall–Kier alpha value is -3.53. The van der Waals surface area contributed by atoms with Crippen molar-refractivity contribution in [3.63, 3.8) is 0 Å². The molecule has 0 amide bonds. The van der Waals surface area contributed by atoms with Crippen LogP contribution in [0.2, 0.25) is 0 Å². The number of benzene rings is 1. The van der Waals surface area contributed by atoms with Crippen LogP contribution in [0.25, 0.3) is 38.9 Å². The summed E-state index contributed by atoms with van der Waals surface area (Å²) in [6, 6.07) is 11.8. The molecule has 0 saturated carbocycles. The number of fused-ring (bicyclic) bond motifs is 3. The molecule has 4 nitrogen and oxygen atoms in total. The monoisotopic (exact) mass is 647 g/mol. The van der Waals surface area contributed by atoms with E-state index in [9.17, 15) is 0 Å². The molecular formula is C30H25IrN3O-2. The van der Waals surface area contributed by atoms with Crippen molar-refractivity contribution in [3.8, 4) is 11.3 Å². The number of pyridine rings is 3. The average Bonchev–Trinajstić information content (AvgIpc) is 3.36. The van der Waals surface area contributed by atoms with Crippen LogP contribution < -0.4 is 0 Å². The molecule has 1 radical (unpaired) electrons. The summed E-state index contributed by atoms with van der Waals surface area (Å²) in [7, 11) is 0. The fourth-order valence-corrected chi connectivity index (χ4v) is 3.51. The van der Waals surface area contributed by atoms with Crippen LogP contribution in [0.5, 0.6) is 0 Å². The smallest absolute Gasteiger partial charge is 0.216 e. The zero-order valence-corrected chi connectivity index (χ0v) is 20.6. The van der Waals surface area contributed by atoms with E-state index in [1.165, 1.54) is 12.3 Å². The second-order valence-corrected chi connectivity index (χ2v) is 7.44. The number of nitrogens with zero attached hydrogens (tertiary/aromatic N) is 3. The zero-order valence-electron chi connectivity index (χ0n) is 29.2. The summed E-state index contributed by atoms with van der Waals surface area (Å²) >= 11 is 0. The van der Waals surface area contributed by atoms with Crippen LogP contribution in [0, 0.1) is 33.0 Å². The maximum Gasteiger partial charge on any atom is 0.216 e. The minimum Gasteiger partial charge on any atom is -0.486 e. The first-order chi connectivity index (χ1) is 21.1. The number of allylic oxidation sites excluding steroid dienone is 4. The van der Waals surface area contributed by atoms with Crippen LogP contribution in [0.3, 0.4) is 0 Å². The molecule has 4 aromatic heterocycles. The molecule has 0 bridgehead atoms. The fraction of sp³-hybridized carbons (Fsp3) is 0.133. The van der Waals surface area contributed by atoms with E-state index in [1.807, 2.05) is 12.2 Å². The third kappa shape index (κ3) is 5.43. The van der Waals surface area contributed by atoms with Gasteiger partial charge in [-0.05, 0) is 55.2 Å². The minimum atomic E-state index is -2.55. The van der Waals surface area contributed by atoms with Crippen molar-refractivity contribution in [1.82, 2.24) is 15.0 Å². The maximum atomic E-state index is 8.23. The number of furan rings is 1. The van der Waals surface area contributed by atoms with Gasteiger partial charge in [-0.25, -0.2) is 4.98 Å². The van der Waals surface area contributed by atoms with Crippen LogP contribution in [-0.2, 0) is 20.1 Å². The van der Waals surface area contributed by atoms with Gasteiger partial charge < -0.3 is 14.4 Å². The minimum absolute atomic E-state index is 0. The van der Waals surface area contributed by atoms with Gasteiger partial charge in [-0.1, -0.05) is 41.6 Å². The molecule has 1 aliphatic rings. The Morgan fingerprint density at radius 2 is 1.86 bits per heavy atom. The largest absolute Gasteiger partial charge is 0.486 e. The third-order valence-electron chi connectivity index (χ3n) is 5.12. The molecule has 35 heavy (non-hydrogen) atoms. The predicted molar refractivity (Wildman–Crippen MR) is 138 cm³/mol. The number of aryl methyl sites for hydroxylation is 3. The van der Waals surface area contributed by atoms with E-state index in [4.69, 9.17) is 19.5 Å². The molecular weight excluding hydrogens is 611 g/mol. The van der Waals surface area contributed by atoms with Gasteiger partial charge in [0.15, 0.2) is 0 Å². The third-order valence-corrected chi connectivity index (χ3v) is 5.12. The van der Waals surface area contributed by atoms with Gasteiger partial charge in [-0.3, -0.25) is 0 Å². The van der Waals surface area contributed by atoms with Gasteiger partial charge in [-0.15, -0.1) is 30.4 Å². The van der Waals surface area contributed by atoms with Crippen LogP contribution in [0.4, 0.5) is 0 Å². The standard InChI is InChI=1S/C18H13N2O.C12H12N.Ir/c1-11-6-9-16(19-10-11)15-5-3-4-13-14-8-7-12(2)20-18(14)21-17(13)15;1-10-7-8-12(13-9-10)11-5-3-2-4-6-11;/h3-4,6-10H,1-2H3;2-3,5-9H,4H2,1H3;/q2*-1;/i1D3,2D3,6D,9D;1D3;. The molecule has 0 spiro atoms.